The van der Waals surface area contributed by atoms with Crippen molar-refractivity contribution in [3.8, 4) is 5.75 Å². The van der Waals surface area contributed by atoms with E-state index in [2.05, 4.69) is 31.5 Å². The summed E-state index contributed by atoms with van der Waals surface area (Å²) in [5.74, 6) is 0.450. The summed E-state index contributed by atoms with van der Waals surface area (Å²) in [6, 6.07) is 18.4. The number of carbonyl (C=O) groups is 1. The Balaban J connectivity index is 1.76. The maximum Gasteiger partial charge on any atom is 0.274 e. The SMILES string of the molecule is COc1ccccc1Nc1ccnc(C(=O)Nc2ccc(Br)cc2)c1. The van der Waals surface area contributed by atoms with Crippen LogP contribution in [0, 0.1) is 0 Å². The van der Waals surface area contributed by atoms with E-state index in [1.807, 2.05) is 48.5 Å². The van der Waals surface area contributed by atoms with Gasteiger partial charge in [-0.1, -0.05) is 28.1 Å². The number of benzene rings is 2. The molecule has 0 atom stereocenters. The topological polar surface area (TPSA) is 63.2 Å². The Morgan fingerprint density at radius 3 is 2.56 bits per heavy atom. The van der Waals surface area contributed by atoms with Crippen molar-refractivity contribution < 1.29 is 9.53 Å². The zero-order valence-corrected chi connectivity index (χ0v) is 15.1. The number of halogens is 1. The highest BCUT2D eigenvalue weighted by molar-refractivity contribution is 9.10. The van der Waals surface area contributed by atoms with E-state index in [0.29, 0.717) is 11.4 Å². The van der Waals surface area contributed by atoms with Gasteiger partial charge in [-0.3, -0.25) is 9.78 Å². The second kappa shape index (κ2) is 7.81. The molecule has 126 valence electrons. The van der Waals surface area contributed by atoms with E-state index in [4.69, 9.17) is 4.74 Å². The van der Waals surface area contributed by atoms with Crippen LogP contribution in [0.2, 0.25) is 0 Å². The molecule has 1 heterocycles. The van der Waals surface area contributed by atoms with Crippen molar-refractivity contribution in [2.24, 2.45) is 0 Å². The summed E-state index contributed by atoms with van der Waals surface area (Å²) in [6.45, 7) is 0. The third-order valence-electron chi connectivity index (χ3n) is 3.48. The number of hydrogen-bond donors (Lipinski definition) is 2. The zero-order chi connectivity index (χ0) is 17.6. The number of para-hydroxylation sites is 2. The maximum absolute atomic E-state index is 12.4. The van der Waals surface area contributed by atoms with Crippen LogP contribution < -0.4 is 15.4 Å². The van der Waals surface area contributed by atoms with Crippen LogP contribution in [0.15, 0.2) is 71.3 Å². The highest BCUT2D eigenvalue weighted by Gasteiger charge is 2.09. The second-order valence-corrected chi connectivity index (χ2v) is 6.13. The van der Waals surface area contributed by atoms with E-state index in [1.165, 1.54) is 0 Å². The smallest absolute Gasteiger partial charge is 0.274 e. The lowest BCUT2D eigenvalue weighted by Gasteiger charge is -2.11. The van der Waals surface area contributed by atoms with Crippen LogP contribution in [0.25, 0.3) is 0 Å². The molecular weight excluding hydrogens is 382 g/mol. The number of pyridine rings is 1. The van der Waals surface area contributed by atoms with Gasteiger partial charge < -0.3 is 15.4 Å². The predicted molar refractivity (Wildman–Crippen MR) is 103 cm³/mol. The van der Waals surface area contributed by atoms with E-state index in [0.717, 1.165) is 21.6 Å². The molecule has 0 fully saturated rings. The molecule has 1 aromatic heterocycles. The molecule has 0 aliphatic carbocycles. The van der Waals surface area contributed by atoms with E-state index in [1.54, 1.807) is 25.4 Å². The fourth-order valence-electron chi connectivity index (χ4n) is 2.26. The summed E-state index contributed by atoms with van der Waals surface area (Å²) in [5, 5.41) is 6.06. The van der Waals surface area contributed by atoms with Gasteiger partial charge in [0.05, 0.1) is 12.8 Å². The Bertz CT molecular complexity index is 882. The van der Waals surface area contributed by atoms with Crippen molar-refractivity contribution in [1.29, 1.82) is 0 Å². The third kappa shape index (κ3) is 4.36. The Kier molecular flexibility index (Phi) is 5.30. The lowest BCUT2D eigenvalue weighted by atomic mass is 10.2. The maximum atomic E-state index is 12.4. The summed E-state index contributed by atoms with van der Waals surface area (Å²) in [5.41, 5.74) is 2.59. The van der Waals surface area contributed by atoms with Gasteiger partial charge in [-0.2, -0.15) is 0 Å². The van der Waals surface area contributed by atoms with Gasteiger partial charge in [0.25, 0.3) is 5.91 Å². The van der Waals surface area contributed by atoms with E-state index >= 15 is 0 Å². The summed E-state index contributed by atoms with van der Waals surface area (Å²) in [4.78, 5) is 16.5. The van der Waals surface area contributed by atoms with Crippen LogP contribution in [0.3, 0.4) is 0 Å². The molecule has 25 heavy (non-hydrogen) atoms. The van der Waals surface area contributed by atoms with Crippen LogP contribution in [0.4, 0.5) is 17.1 Å². The molecule has 0 saturated carbocycles. The number of nitrogens with one attached hydrogen (secondary N) is 2. The standard InChI is InChI=1S/C19H16BrN3O2/c1-25-18-5-3-2-4-16(18)22-15-10-11-21-17(12-15)19(24)23-14-8-6-13(20)7-9-14/h2-12H,1H3,(H,21,22)(H,23,24). The predicted octanol–water partition coefficient (Wildman–Crippen LogP) is 4.85. The summed E-state index contributed by atoms with van der Waals surface area (Å²) in [7, 11) is 1.62. The van der Waals surface area contributed by atoms with Crippen LogP contribution in [-0.4, -0.2) is 18.0 Å². The van der Waals surface area contributed by atoms with Crippen LogP contribution >= 0.6 is 15.9 Å². The Morgan fingerprint density at radius 1 is 1.04 bits per heavy atom. The van der Waals surface area contributed by atoms with Gasteiger partial charge in [0, 0.05) is 22.0 Å². The normalized spacial score (nSPS) is 10.2. The number of aromatic nitrogens is 1. The monoisotopic (exact) mass is 397 g/mol. The van der Waals surface area contributed by atoms with Crippen molar-refractivity contribution in [1.82, 2.24) is 4.98 Å². The first-order valence-corrected chi connectivity index (χ1v) is 8.38. The molecule has 5 nitrogen and oxygen atoms in total. The number of amides is 1. The zero-order valence-electron chi connectivity index (χ0n) is 13.5. The summed E-state index contributed by atoms with van der Waals surface area (Å²) in [6.07, 6.45) is 1.59. The number of hydrogen-bond acceptors (Lipinski definition) is 4. The minimum atomic E-state index is -0.272. The molecule has 0 bridgehead atoms. The fraction of sp³-hybridized carbons (Fsp3) is 0.0526. The Hall–Kier alpha value is -2.86. The van der Waals surface area contributed by atoms with E-state index in [9.17, 15) is 4.79 Å². The van der Waals surface area contributed by atoms with Gasteiger partial charge in [0.15, 0.2) is 0 Å². The van der Waals surface area contributed by atoms with Crippen LogP contribution in [-0.2, 0) is 0 Å². The minimum absolute atomic E-state index is 0.272. The van der Waals surface area contributed by atoms with E-state index in [-0.39, 0.29) is 5.91 Å². The lowest BCUT2D eigenvalue weighted by Crippen LogP contribution is -2.13. The Morgan fingerprint density at radius 2 is 1.80 bits per heavy atom. The number of nitrogens with zero attached hydrogens (tertiary/aromatic N) is 1. The van der Waals surface area contributed by atoms with Crippen molar-refractivity contribution in [2.45, 2.75) is 0 Å². The van der Waals surface area contributed by atoms with Crippen LogP contribution in [0.5, 0.6) is 5.75 Å². The number of carbonyl (C=O) groups excluding carboxylic acids is 1. The number of ether oxygens (including phenoxy) is 1. The molecule has 6 heteroatoms. The number of rotatable bonds is 5. The summed E-state index contributed by atoms with van der Waals surface area (Å²) >= 11 is 3.37. The highest BCUT2D eigenvalue weighted by Crippen LogP contribution is 2.27. The van der Waals surface area contributed by atoms with Crippen molar-refractivity contribution >= 4 is 38.9 Å². The van der Waals surface area contributed by atoms with Crippen molar-refractivity contribution in [2.75, 3.05) is 17.7 Å². The first-order chi connectivity index (χ1) is 12.2. The van der Waals surface area contributed by atoms with Gasteiger partial charge in [-0.15, -0.1) is 0 Å². The second-order valence-electron chi connectivity index (χ2n) is 5.22. The largest absolute Gasteiger partial charge is 0.495 e. The quantitative estimate of drug-likeness (QED) is 0.645. The van der Waals surface area contributed by atoms with Gasteiger partial charge in [0.1, 0.15) is 11.4 Å². The molecule has 0 unspecified atom stereocenters. The molecule has 2 aromatic carbocycles. The Labute approximate surface area is 154 Å². The van der Waals surface area contributed by atoms with Crippen molar-refractivity contribution in [3.05, 3.63) is 77.0 Å². The molecule has 1 amide bonds. The van der Waals surface area contributed by atoms with E-state index < -0.39 is 0 Å². The molecular formula is C19H16BrN3O2. The van der Waals surface area contributed by atoms with Gasteiger partial charge in [-0.05, 0) is 48.5 Å². The number of anilines is 3. The van der Waals surface area contributed by atoms with Crippen molar-refractivity contribution in [3.63, 3.8) is 0 Å². The molecule has 2 N–H and O–H groups in total. The molecule has 0 radical (unpaired) electrons. The van der Waals surface area contributed by atoms with Gasteiger partial charge >= 0.3 is 0 Å². The summed E-state index contributed by atoms with van der Waals surface area (Å²) < 4.78 is 6.27. The highest BCUT2D eigenvalue weighted by atomic mass is 79.9. The fourth-order valence-corrected chi connectivity index (χ4v) is 2.53. The van der Waals surface area contributed by atoms with Crippen LogP contribution in [0.1, 0.15) is 10.5 Å². The first-order valence-electron chi connectivity index (χ1n) is 7.59. The molecule has 0 saturated heterocycles. The molecule has 0 spiro atoms. The lowest BCUT2D eigenvalue weighted by molar-refractivity contribution is 0.102. The average Bonchev–Trinajstić information content (AvgIpc) is 2.64. The van der Waals surface area contributed by atoms with Gasteiger partial charge in [0.2, 0.25) is 0 Å². The first kappa shape index (κ1) is 17.0. The van der Waals surface area contributed by atoms with Gasteiger partial charge in [-0.25, -0.2) is 0 Å². The average molecular weight is 398 g/mol. The number of methoxy groups -OCH3 is 1. The molecule has 3 aromatic rings. The molecule has 0 aliphatic rings. The molecule has 0 aliphatic heterocycles. The third-order valence-corrected chi connectivity index (χ3v) is 4.01. The molecule has 3 rings (SSSR count). The minimum Gasteiger partial charge on any atom is -0.495 e.